The molecule has 0 aliphatic carbocycles. The monoisotopic (exact) mass is 518 g/mol. The predicted molar refractivity (Wildman–Crippen MR) is 124 cm³/mol. The second-order valence-electron chi connectivity index (χ2n) is 7.31. The highest BCUT2D eigenvalue weighted by Crippen LogP contribution is 2.16. The molecule has 0 saturated carbocycles. The molecule has 0 aromatic heterocycles. The Bertz CT molecular complexity index is 848. The molecule has 4 N–H and O–H groups in total. The third-order valence-electron chi connectivity index (χ3n) is 4.59. The minimum atomic E-state index is -3.26. The first-order chi connectivity index (χ1) is 14.6. The number of aliphatic hydroxyl groups excluding tert-OH is 2. The number of β-amino-alcohol motifs (C(OH)–C–C–N with tert-alkyl or cyclic N) is 2. The molecule has 16 heteroatoms. The van der Waals surface area contributed by atoms with E-state index in [0.717, 1.165) is 12.5 Å². The third-order valence-corrected chi connectivity index (χ3v) is 7.13. The molecule has 0 bridgehead atoms. The van der Waals surface area contributed by atoms with E-state index in [1.807, 2.05) is 0 Å². The van der Waals surface area contributed by atoms with Crippen LogP contribution in [0.25, 0.3) is 10.4 Å². The molecule has 0 aromatic rings. The number of hydrogen-bond donors (Lipinski definition) is 3. The van der Waals surface area contributed by atoms with Gasteiger partial charge in [0.2, 0.25) is 20.0 Å². The maximum atomic E-state index is 11.1. The van der Waals surface area contributed by atoms with Gasteiger partial charge in [-0.25, -0.2) is 16.8 Å². The van der Waals surface area contributed by atoms with Crippen LogP contribution in [0.2, 0.25) is 0 Å². The molecule has 196 valence electrons. The van der Waals surface area contributed by atoms with Gasteiger partial charge in [0.15, 0.2) is 0 Å². The highest BCUT2D eigenvalue weighted by molar-refractivity contribution is 7.88. The smallest absolute Gasteiger partial charge is 0.302 e. The van der Waals surface area contributed by atoms with Crippen molar-refractivity contribution in [3.63, 3.8) is 0 Å². The van der Waals surface area contributed by atoms with Gasteiger partial charge in [-0.3, -0.25) is 4.79 Å². The summed E-state index contributed by atoms with van der Waals surface area (Å²) in [5.74, 6) is -0.211. The van der Waals surface area contributed by atoms with E-state index < -0.39 is 38.3 Å². The number of aliphatic hydroxyl groups is 2. The van der Waals surface area contributed by atoms with Crippen molar-refractivity contribution in [2.75, 3.05) is 45.3 Å². The molecule has 0 aromatic carbocycles. The normalized spacial score (nSPS) is 26.2. The Kier molecular flexibility index (Phi) is 15.7. The number of nitrogens with two attached hydrogens (primary N) is 1. The summed E-state index contributed by atoms with van der Waals surface area (Å²) in [7, 11) is -6.42. The summed E-state index contributed by atoms with van der Waals surface area (Å²) < 4.78 is 51.1. The first-order valence-corrected chi connectivity index (χ1v) is 13.5. The summed E-state index contributed by atoms with van der Waals surface area (Å²) in [4.78, 5) is 12.4. The molecule has 0 amide bonds. The fourth-order valence-electron chi connectivity index (χ4n) is 2.82. The maximum absolute atomic E-state index is 11.1. The van der Waals surface area contributed by atoms with Gasteiger partial charge in [-0.1, -0.05) is 12.5 Å². The average Bonchev–Trinajstić information content (AvgIpc) is 2.65. The highest BCUT2D eigenvalue weighted by Gasteiger charge is 2.31. The van der Waals surface area contributed by atoms with Crippen LogP contribution in [0.5, 0.6) is 0 Å². The van der Waals surface area contributed by atoms with Crippen LogP contribution in [0.15, 0.2) is 5.11 Å². The molecular weight excluding hydrogens is 480 g/mol. The molecule has 4 atom stereocenters. The summed E-state index contributed by atoms with van der Waals surface area (Å²) in [6.45, 7) is 4.49. The predicted octanol–water partition coefficient (Wildman–Crippen LogP) is -0.763. The van der Waals surface area contributed by atoms with Crippen LogP contribution >= 0.6 is 0 Å². The molecule has 2 aliphatic heterocycles. The van der Waals surface area contributed by atoms with Gasteiger partial charge < -0.3 is 20.7 Å². The van der Waals surface area contributed by atoms with Crippen molar-refractivity contribution >= 4 is 26.0 Å². The van der Waals surface area contributed by atoms with E-state index in [2.05, 4.69) is 14.8 Å². The van der Waals surface area contributed by atoms with Gasteiger partial charge in [0.05, 0.1) is 37.4 Å². The first kappa shape index (κ1) is 33.7. The van der Waals surface area contributed by atoms with E-state index in [9.17, 15) is 31.8 Å². The molecule has 2 fully saturated rings. The van der Waals surface area contributed by atoms with Gasteiger partial charge in [-0.2, -0.15) is 8.61 Å². The van der Waals surface area contributed by atoms with E-state index in [1.165, 1.54) is 15.5 Å². The summed E-state index contributed by atoms with van der Waals surface area (Å²) in [6, 6.07) is -0.805. The molecule has 33 heavy (non-hydrogen) atoms. The van der Waals surface area contributed by atoms with E-state index >= 15 is 0 Å². The zero-order chi connectivity index (χ0) is 25.1. The molecule has 2 aliphatic rings. The molecule has 2 saturated heterocycles. The number of sulfonamides is 2. The molecule has 0 spiro atoms. The number of carbonyl (C=O) groups excluding carboxylic acids is 1. The third kappa shape index (κ3) is 13.7. The Morgan fingerprint density at radius 2 is 1.55 bits per heavy atom. The molecule has 14 nitrogen and oxygen atoms in total. The Labute approximate surface area is 196 Å². The lowest BCUT2D eigenvalue weighted by Crippen LogP contribution is -2.51. The fraction of sp³-hybridized carbons (Fsp3) is 0.941. The quantitative estimate of drug-likeness (QED) is 0.184. The second kappa shape index (κ2) is 15.4. The highest BCUT2D eigenvalue weighted by atomic mass is 32.2. The lowest BCUT2D eigenvalue weighted by molar-refractivity contribution is -0.140. The lowest BCUT2D eigenvalue weighted by atomic mass is 10.1. The standard InChI is InChI=1S/C6H12N4O3S.C6H14N2O3S.C4H8O2.CH4/c1-14(12,13)10-3-2-5(8-9-7)6(11)4-10;1-12(10,11)8-3-2-5(7)6(9)4-8;1-3-6-4(2)5;/h5-6,11H,2-4H2,1H3;5-6,9H,2-4,7H2,1H3;3H2,1-2H3;1H4/t2*5-,6+;;/m00../s1. The zero-order valence-electron chi connectivity index (χ0n) is 18.7. The Hall–Kier alpha value is -1.52. The van der Waals surface area contributed by atoms with E-state index in [0.29, 0.717) is 32.5 Å². The molecule has 2 rings (SSSR count). The number of azide groups is 1. The van der Waals surface area contributed by atoms with Crippen molar-refractivity contribution in [3.05, 3.63) is 10.4 Å². The van der Waals surface area contributed by atoms with Crippen molar-refractivity contribution in [2.45, 2.75) is 58.4 Å². The number of hydrogen-bond acceptors (Lipinski definition) is 10. The van der Waals surface area contributed by atoms with Crippen LogP contribution in [0, 0.1) is 0 Å². The molecule has 0 unspecified atom stereocenters. The van der Waals surface area contributed by atoms with Crippen molar-refractivity contribution < 1.29 is 36.6 Å². The van der Waals surface area contributed by atoms with Gasteiger partial charge in [0, 0.05) is 44.1 Å². The van der Waals surface area contributed by atoms with Crippen molar-refractivity contribution in [1.82, 2.24) is 8.61 Å². The number of ether oxygens (including phenoxy) is 1. The molecular formula is C17H38N6O8S2. The fourth-order valence-corrected chi connectivity index (χ4v) is 4.54. The number of rotatable bonds is 4. The Morgan fingerprint density at radius 1 is 1.09 bits per heavy atom. The van der Waals surface area contributed by atoms with Crippen LogP contribution in [-0.4, -0.2) is 111 Å². The van der Waals surface area contributed by atoms with Crippen LogP contribution < -0.4 is 5.73 Å². The van der Waals surface area contributed by atoms with Gasteiger partial charge in [0.25, 0.3) is 0 Å². The lowest BCUT2D eigenvalue weighted by Gasteiger charge is -2.32. The van der Waals surface area contributed by atoms with Crippen LogP contribution in [0.1, 0.15) is 34.1 Å². The van der Waals surface area contributed by atoms with E-state index in [-0.39, 0.29) is 32.5 Å². The number of esters is 1. The topological polar surface area (TPSA) is 216 Å². The minimum Gasteiger partial charge on any atom is -0.466 e. The minimum absolute atomic E-state index is 0. The van der Waals surface area contributed by atoms with Gasteiger partial charge in [0.1, 0.15) is 0 Å². The largest absolute Gasteiger partial charge is 0.466 e. The second-order valence-corrected chi connectivity index (χ2v) is 11.3. The van der Waals surface area contributed by atoms with E-state index in [4.69, 9.17) is 11.3 Å². The zero-order valence-corrected chi connectivity index (χ0v) is 20.4. The van der Waals surface area contributed by atoms with Gasteiger partial charge in [-0.15, -0.1) is 0 Å². The average molecular weight is 519 g/mol. The Morgan fingerprint density at radius 3 is 1.85 bits per heavy atom. The van der Waals surface area contributed by atoms with Gasteiger partial charge in [-0.05, 0) is 25.3 Å². The summed E-state index contributed by atoms with van der Waals surface area (Å²) in [6.07, 6.45) is 1.47. The molecule has 0 radical (unpaired) electrons. The van der Waals surface area contributed by atoms with Crippen LogP contribution in [0.3, 0.4) is 0 Å². The number of nitrogens with zero attached hydrogens (tertiary/aromatic N) is 5. The van der Waals surface area contributed by atoms with Crippen molar-refractivity contribution in [1.29, 1.82) is 0 Å². The van der Waals surface area contributed by atoms with Crippen LogP contribution in [-0.2, 0) is 29.6 Å². The SMILES string of the molecule is C.CCOC(C)=O.CS(=O)(=O)N1CC[C@H](N)[C@H](O)C1.CS(=O)(=O)N1CC[C@H](N=[N+]=[N-])[C@H](O)C1. The summed E-state index contributed by atoms with van der Waals surface area (Å²) in [5.41, 5.74) is 13.7. The number of carbonyl (C=O) groups is 1. The number of piperidine rings is 2. The Balaban J connectivity index is 0. The van der Waals surface area contributed by atoms with Crippen molar-refractivity contribution in [2.24, 2.45) is 10.8 Å². The van der Waals surface area contributed by atoms with Crippen LogP contribution in [0.4, 0.5) is 0 Å². The van der Waals surface area contributed by atoms with Crippen molar-refractivity contribution in [3.8, 4) is 0 Å². The van der Waals surface area contributed by atoms with E-state index in [1.54, 1.807) is 6.92 Å². The van der Waals surface area contributed by atoms with Gasteiger partial charge >= 0.3 is 5.97 Å². The first-order valence-electron chi connectivity index (χ1n) is 9.82. The maximum Gasteiger partial charge on any atom is 0.302 e. The summed E-state index contributed by atoms with van der Waals surface area (Å²) >= 11 is 0. The summed E-state index contributed by atoms with van der Waals surface area (Å²) in [5, 5.41) is 22.1. The molecule has 2 heterocycles.